The van der Waals surface area contributed by atoms with Crippen molar-refractivity contribution in [2.75, 3.05) is 0 Å². The molecule has 3 rings (SSSR count). The van der Waals surface area contributed by atoms with Crippen LogP contribution in [0, 0.1) is 0 Å². The van der Waals surface area contributed by atoms with Gasteiger partial charge in [0.1, 0.15) is 0 Å². The van der Waals surface area contributed by atoms with Gasteiger partial charge in [-0.2, -0.15) is 0 Å². The van der Waals surface area contributed by atoms with Gasteiger partial charge in [0.25, 0.3) is 0 Å². The van der Waals surface area contributed by atoms with E-state index in [1.165, 1.54) is 79.2 Å². The van der Waals surface area contributed by atoms with E-state index in [4.69, 9.17) is 4.98 Å². The third-order valence-electron chi connectivity index (χ3n) is 5.94. The van der Waals surface area contributed by atoms with E-state index in [-0.39, 0.29) is 0 Å². The van der Waals surface area contributed by atoms with E-state index >= 15 is 0 Å². The topological polar surface area (TPSA) is 12.9 Å². The van der Waals surface area contributed by atoms with Crippen LogP contribution in [0.3, 0.4) is 0 Å². The van der Waals surface area contributed by atoms with Crippen molar-refractivity contribution in [1.82, 2.24) is 4.98 Å². The summed E-state index contributed by atoms with van der Waals surface area (Å²) >= 11 is 0. The monoisotopic (exact) mass is 399 g/mol. The molecule has 0 saturated carbocycles. The molecule has 158 valence electrons. The van der Waals surface area contributed by atoms with E-state index < -0.39 is 0 Å². The Morgan fingerprint density at radius 2 is 1.03 bits per heavy atom. The molecule has 0 atom stereocenters. The number of pyridine rings is 1. The number of benzene rings is 2. The number of hydrogen-bond donors (Lipinski definition) is 0. The maximum atomic E-state index is 4.72. The summed E-state index contributed by atoms with van der Waals surface area (Å²) in [6.45, 7) is 4.51. The predicted octanol–water partition coefficient (Wildman–Crippen LogP) is 8.00. The lowest BCUT2D eigenvalue weighted by atomic mass is 10.0. The highest BCUT2D eigenvalue weighted by Gasteiger charge is 2.02. The van der Waals surface area contributed by atoms with Crippen molar-refractivity contribution in [3.63, 3.8) is 0 Å². The molecule has 0 aliphatic rings. The molecule has 0 aliphatic carbocycles. The third-order valence-corrected chi connectivity index (χ3v) is 5.94. The lowest BCUT2D eigenvalue weighted by Crippen LogP contribution is -1.94. The van der Waals surface area contributed by atoms with Crippen LogP contribution in [0.5, 0.6) is 0 Å². The molecule has 0 aliphatic heterocycles. The second-order valence-corrected chi connectivity index (χ2v) is 8.48. The van der Waals surface area contributed by atoms with Crippen molar-refractivity contribution >= 4 is 0 Å². The van der Waals surface area contributed by atoms with Crippen LogP contribution < -0.4 is 0 Å². The second kappa shape index (κ2) is 12.3. The Morgan fingerprint density at radius 3 is 1.63 bits per heavy atom. The van der Waals surface area contributed by atoms with Crippen LogP contribution in [0.2, 0.25) is 0 Å². The first kappa shape index (κ1) is 22.3. The first-order valence-electron chi connectivity index (χ1n) is 11.9. The van der Waals surface area contributed by atoms with Crippen molar-refractivity contribution in [2.24, 2.45) is 0 Å². The molecule has 0 saturated heterocycles. The van der Waals surface area contributed by atoms with Crippen molar-refractivity contribution in [2.45, 2.75) is 78.1 Å². The summed E-state index contributed by atoms with van der Waals surface area (Å²) in [7, 11) is 0. The molecule has 1 nitrogen and oxygen atoms in total. The zero-order valence-electron chi connectivity index (χ0n) is 18.9. The molecule has 1 heterocycles. The number of rotatable bonds is 12. The van der Waals surface area contributed by atoms with E-state index in [0.29, 0.717) is 0 Å². The molecular formula is C29H37N. The molecule has 30 heavy (non-hydrogen) atoms. The Labute approximate surface area is 183 Å². The highest BCUT2D eigenvalue weighted by molar-refractivity contribution is 5.59. The first-order chi connectivity index (χ1) is 14.8. The number of hydrogen-bond acceptors (Lipinski definition) is 1. The number of unbranched alkanes of at least 4 members (excludes halogenated alkanes) is 4. The van der Waals surface area contributed by atoms with E-state index in [1.807, 2.05) is 6.20 Å². The van der Waals surface area contributed by atoms with Crippen LogP contribution in [-0.4, -0.2) is 4.98 Å². The molecule has 1 aromatic heterocycles. The molecule has 1 heteroatoms. The Morgan fingerprint density at radius 1 is 0.500 bits per heavy atom. The van der Waals surface area contributed by atoms with Gasteiger partial charge in [-0.05, 0) is 66.8 Å². The van der Waals surface area contributed by atoms with Gasteiger partial charge in [-0.25, -0.2) is 0 Å². The third kappa shape index (κ3) is 7.13. The summed E-state index contributed by atoms with van der Waals surface area (Å²) in [6, 6.07) is 22.5. The van der Waals surface area contributed by atoms with E-state index in [0.717, 1.165) is 18.5 Å². The van der Waals surface area contributed by atoms with Gasteiger partial charge < -0.3 is 0 Å². The minimum absolute atomic E-state index is 1.04. The fourth-order valence-electron chi connectivity index (χ4n) is 3.88. The van der Waals surface area contributed by atoms with Gasteiger partial charge >= 0.3 is 0 Å². The van der Waals surface area contributed by atoms with Gasteiger partial charge in [-0.3, -0.25) is 4.98 Å². The fourth-order valence-corrected chi connectivity index (χ4v) is 3.88. The molecule has 0 radical (unpaired) electrons. The highest BCUT2D eigenvalue weighted by Crippen LogP contribution is 2.19. The summed E-state index contributed by atoms with van der Waals surface area (Å²) in [5.74, 6) is 0. The molecule has 2 aromatic carbocycles. The average Bonchev–Trinajstić information content (AvgIpc) is 2.81. The lowest BCUT2D eigenvalue weighted by Gasteiger charge is -2.07. The van der Waals surface area contributed by atoms with Crippen molar-refractivity contribution < 1.29 is 0 Å². The highest BCUT2D eigenvalue weighted by atomic mass is 14.7. The second-order valence-electron chi connectivity index (χ2n) is 8.48. The van der Waals surface area contributed by atoms with Crippen LogP contribution in [0.1, 0.15) is 74.6 Å². The van der Waals surface area contributed by atoms with Crippen molar-refractivity contribution in [3.8, 4) is 11.3 Å². The Hall–Kier alpha value is -2.41. The SMILES string of the molecule is CCCCCCc1ccc(CCc2ccc(-c3ccc(CCCC)cc3)nc2)cc1. The lowest BCUT2D eigenvalue weighted by molar-refractivity contribution is 0.667. The molecule has 3 aromatic rings. The van der Waals surface area contributed by atoms with Gasteiger partial charge in [0.2, 0.25) is 0 Å². The summed E-state index contributed by atoms with van der Waals surface area (Å²) in [5.41, 5.74) is 7.89. The predicted molar refractivity (Wildman–Crippen MR) is 130 cm³/mol. The average molecular weight is 400 g/mol. The van der Waals surface area contributed by atoms with E-state index in [9.17, 15) is 0 Å². The van der Waals surface area contributed by atoms with Gasteiger partial charge in [0, 0.05) is 11.8 Å². The molecule has 0 spiro atoms. The van der Waals surface area contributed by atoms with Crippen molar-refractivity contribution in [1.29, 1.82) is 0 Å². The van der Waals surface area contributed by atoms with Gasteiger partial charge in [-0.1, -0.05) is 94.1 Å². The molecule has 0 bridgehead atoms. The molecule has 0 amide bonds. The smallest absolute Gasteiger partial charge is 0.0702 e. The van der Waals surface area contributed by atoms with Gasteiger partial charge in [0.15, 0.2) is 0 Å². The first-order valence-corrected chi connectivity index (χ1v) is 11.9. The van der Waals surface area contributed by atoms with Crippen LogP contribution in [0.15, 0.2) is 66.9 Å². The largest absolute Gasteiger partial charge is 0.256 e. The summed E-state index contributed by atoms with van der Waals surface area (Å²) in [6.07, 6.45) is 14.4. The molecule has 0 unspecified atom stereocenters. The van der Waals surface area contributed by atoms with Crippen LogP contribution in [-0.2, 0) is 25.7 Å². The molecular weight excluding hydrogens is 362 g/mol. The molecule has 0 N–H and O–H groups in total. The number of nitrogens with zero attached hydrogens (tertiary/aromatic N) is 1. The minimum Gasteiger partial charge on any atom is -0.256 e. The maximum Gasteiger partial charge on any atom is 0.0702 e. The Balaban J connectivity index is 1.48. The zero-order valence-corrected chi connectivity index (χ0v) is 18.9. The standard InChI is InChI=1S/C29H37N/c1-3-5-7-8-10-25-11-13-26(14-12-25)15-16-27-19-22-29(30-23-27)28-20-17-24(18-21-28)9-6-4-2/h11-14,17-23H,3-10,15-16H2,1-2H3. The number of aryl methyl sites for hydroxylation is 4. The van der Waals surface area contributed by atoms with E-state index in [1.54, 1.807) is 0 Å². The fraction of sp³-hybridized carbons (Fsp3) is 0.414. The maximum absolute atomic E-state index is 4.72. The van der Waals surface area contributed by atoms with Gasteiger partial charge in [-0.15, -0.1) is 0 Å². The van der Waals surface area contributed by atoms with Gasteiger partial charge in [0.05, 0.1) is 5.69 Å². The Bertz CT molecular complexity index is 844. The van der Waals surface area contributed by atoms with Crippen LogP contribution in [0.25, 0.3) is 11.3 Å². The van der Waals surface area contributed by atoms with Crippen molar-refractivity contribution in [3.05, 3.63) is 89.1 Å². The van der Waals surface area contributed by atoms with Crippen LogP contribution in [0.4, 0.5) is 0 Å². The molecule has 0 fully saturated rings. The minimum atomic E-state index is 1.04. The summed E-state index contributed by atoms with van der Waals surface area (Å²) < 4.78 is 0. The normalized spacial score (nSPS) is 11.0. The van der Waals surface area contributed by atoms with E-state index in [2.05, 4.69) is 74.5 Å². The number of aromatic nitrogens is 1. The zero-order chi connectivity index (χ0) is 21.0. The quantitative estimate of drug-likeness (QED) is 0.281. The van der Waals surface area contributed by atoms with Crippen LogP contribution >= 0.6 is 0 Å². The Kier molecular flexibility index (Phi) is 9.15. The summed E-state index contributed by atoms with van der Waals surface area (Å²) in [5, 5.41) is 0. The summed E-state index contributed by atoms with van der Waals surface area (Å²) in [4.78, 5) is 4.72.